The van der Waals surface area contributed by atoms with Crippen LogP contribution in [-0.2, 0) is 14.3 Å². The molecule has 0 heterocycles. The first-order valence-corrected chi connectivity index (χ1v) is 7.39. The summed E-state index contributed by atoms with van der Waals surface area (Å²) >= 11 is 0. The molecule has 0 bridgehead atoms. The minimum atomic E-state index is -0.499. The van der Waals surface area contributed by atoms with Gasteiger partial charge in [0.15, 0.2) is 0 Å². The number of ether oxygens (including phenoxy) is 1. The SMILES string of the molecule is CCOC(=O)CN(CC(=O)NC(=O)NCC(C)C)C1CC1. The lowest BCUT2D eigenvalue weighted by atomic mass is 10.2. The average molecular weight is 299 g/mol. The molecule has 1 rings (SSSR count). The van der Waals surface area contributed by atoms with Crippen molar-refractivity contribution in [2.75, 3.05) is 26.2 Å². The highest BCUT2D eigenvalue weighted by Gasteiger charge is 2.32. The van der Waals surface area contributed by atoms with E-state index in [2.05, 4.69) is 10.6 Å². The zero-order valence-corrected chi connectivity index (χ0v) is 13.0. The molecule has 21 heavy (non-hydrogen) atoms. The first kappa shape index (κ1) is 17.4. The Morgan fingerprint density at radius 3 is 2.43 bits per heavy atom. The molecule has 1 aliphatic carbocycles. The molecule has 0 saturated heterocycles. The van der Waals surface area contributed by atoms with E-state index in [0.717, 1.165) is 12.8 Å². The number of rotatable bonds is 8. The highest BCUT2D eigenvalue weighted by molar-refractivity contribution is 5.95. The Kier molecular flexibility index (Phi) is 7.14. The number of hydrogen-bond donors (Lipinski definition) is 2. The lowest BCUT2D eigenvalue weighted by Gasteiger charge is -2.20. The first-order valence-electron chi connectivity index (χ1n) is 7.39. The van der Waals surface area contributed by atoms with Crippen LogP contribution < -0.4 is 10.6 Å². The van der Waals surface area contributed by atoms with E-state index in [1.54, 1.807) is 11.8 Å². The molecule has 7 nitrogen and oxygen atoms in total. The van der Waals surface area contributed by atoms with Crippen molar-refractivity contribution in [3.8, 4) is 0 Å². The van der Waals surface area contributed by atoms with E-state index < -0.39 is 11.9 Å². The number of carbonyl (C=O) groups is 3. The predicted molar refractivity (Wildman–Crippen MR) is 77.6 cm³/mol. The van der Waals surface area contributed by atoms with E-state index >= 15 is 0 Å². The fourth-order valence-corrected chi connectivity index (χ4v) is 1.82. The average Bonchev–Trinajstić information content (AvgIpc) is 3.20. The van der Waals surface area contributed by atoms with Gasteiger partial charge in [-0.05, 0) is 25.7 Å². The molecule has 0 aromatic heterocycles. The number of hydrogen-bond acceptors (Lipinski definition) is 5. The largest absolute Gasteiger partial charge is 0.465 e. The zero-order valence-electron chi connectivity index (χ0n) is 13.0. The second-order valence-corrected chi connectivity index (χ2v) is 5.59. The maximum absolute atomic E-state index is 11.8. The Morgan fingerprint density at radius 2 is 1.90 bits per heavy atom. The van der Waals surface area contributed by atoms with Crippen molar-refractivity contribution < 1.29 is 19.1 Å². The van der Waals surface area contributed by atoms with Crippen LogP contribution in [-0.4, -0.2) is 55.1 Å². The van der Waals surface area contributed by atoms with Gasteiger partial charge in [0.05, 0.1) is 19.7 Å². The molecular weight excluding hydrogens is 274 g/mol. The lowest BCUT2D eigenvalue weighted by Crippen LogP contribution is -2.46. The van der Waals surface area contributed by atoms with Crippen molar-refractivity contribution >= 4 is 17.9 Å². The van der Waals surface area contributed by atoms with Gasteiger partial charge in [0.25, 0.3) is 0 Å². The summed E-state index contributed by atoms with van der Waals surface area (Å²) in [4.78, 5) is 36.6. The highest BCUT2D eigenvalue weighted by Crippen LogP contribution is 2.26. The van der Waals surface area contributed by atoms with Crippen molar-refractivity contribution in [3.63, 3.8) is 0 Å². The van der Waals surface area contributed by atoms with Gasteiger partial charge in [-0.3, -0.25) is 19.8 Å². The van der Waals surface area contributed by atoms with Gasteiger partial charge in [0.1, 0.15) is 0 Å². The fourth-order valence-electron chi connectivity index (χ4n) is 1.82. The Bertz CT molecular complexity index is 380. The maximum Gasteiger partial charge on any atom is 0.321 e. The van der Waals surface area contributed by atoms with Crippen LogP contribution in [0, 0.1) is 5.92 Å². The van der Waals surface area contributed by atoms with E-state index in [0.29, 0.717) is 19.1 Å². The minimum absolute atomic E-state index is 0.0264. The summed E-state index contributed by atoms with van der Waals surface area (Å²) in [6, 6.07) is -0.264. The van der Waals surface area contributed by atoms with E-state index in [1.165, 1.54) is 0 Å². The Morgan fingerprint density at radius 1 is 1.24 bits per heavy atom. The number of imide groups is 1. The number of amides is 3. The number of nitrogens with one attached hydrogen (secondary N) is 2. The third-order valence-corrected chi connectivity index (χ3v) is 2.97. The topological polar surface area (TPSA) is 87.7 Å². The lowest BCUT2D eigenvalue weighted by molar-refractivity contribution is -0.144. The van der Waals surface area contributed by atoms with E-state index in [-0.39, 0.29) is 25.1 Å². The normalized spacial score (nSPS) is 14.1. The summed E-state index contributed by atoms with van der Waals surface area (Å²) in [7, 11) is 0. The molecule has 0 spiro atoms. The van der Waals surface area contributed by atoms with Crippen LogP contribution in [0.2, 0.25) is 0 Å². The highest BCUT2D eigenvalue weighted by atomic mass is 16.5. The van der Waals surface area contributed by atoms with E-state index in [9.17, 15) is 14.4 Å². The van der Waals surface area contributed by atoms with Gasteiger partial charge < -0.3 is 10.1 Å². The Labute approximate surface area is 125 Å². The quantitative estimate of drug-likeness (QED) is 0.637. The zero-order chi connectivity index (χ0) is 15.8. The van der Waals surface area contributed by atoms with Crippen molar-refractivity contribution in [2.24, 2.45) is 5.92 Å². The molecule has 0 atom stereocenters. The van der Waals surface area contributed by atoms with Gasteiger partial charge in [-0.1, -0.05) is 13.8 Å². The molecule has 2 N–H and O–H groups in total. The van der Waals surface area contributed by atoms with E-state index in [4.69, 9.17) is 4.74 Å². The number of esters is 1. The number of nitrogens with zero attached hydrogens (tertiary/aromatic N) is 1. The molecule has 1 saturated carbocycles. The van der Waals surface area contributed by atoms with Crippen molar-refractivity contribution in [1.82, 2.24) is 15.5 Å². The summed E-state index contributed by atoms with van der Waals surface area (Å²) < 4.78 is 4.89. The van der Waals surface area contributed by atoms with Gasteiger partial charge in [0, 0.05) is 12.6 Å². The molecule has 1 fully saturated rings. The monoisotopic (exact) mass is 299 g/mol. The number of carbonyl (C=O) groups excluding carboxylic acids is 3. The second kappa shape index (κ2) is 8.61. The molecule has 0 aliphatic heterocycles. The molecule has 0 radical (unpaired) electrons. The van der Waals surface area contributed by atoms with Gasteiger partial charge in [-0.2, -0.15) is 0 Å². The van der Waals surface area contributed by atoms with Crippen LogP contribution in [0.4, 0.5) is 4.79 Å². The van der Waals surface area contributed by atoms with Gasteiger partial charge >= 0.3 is 12.0 Å². The summed E-state index contributed by atoms with van der Waals surface area (Å²) in [6.07, 6.45) is 1.93. The fraction of sp³-hybridized carbons (Fsp3) is 0.786. The Balaban J connectivity index is 2.35. The van der Waals surface area contributed by atoms with Crippen molar-refractivity contribution in [2.45, 2.75) is 39.7 Å². The standard InChI is InChI=1S/C14H25N3O4/c1-4-21-13(19)9-17(11-5-6-11)8-12(18)16-14(20)15-7-10(2)3/h10-11H,4-9H2,1-3H3,(H2,15,16,18,20). The molecule has 0 aromatic rings. The van der Waals surface area contributed by atoms with Gasteiger partial charge in [-0.25, -0.2) is 4.79 Å². The third-order valence-electron chi connectivity index (χ3n) is 2.97. The van der Waals surface area contributed by atoms with E-state index in [1.807, 2.05) is 13.8 Å². The molecule has 7 heteroatoms. The summed E-state index contributed by atoms with van der Waals surface area (Å²) in [5, 5.41) is 4.88. The summed E-state index contributed by atoms with van der Waals surface area (Å²) in [5.41, 5.74) is 0. The predicted octanol–water partition coefficient (Wildman–Crippen LogP) is 0.496. The first-order chi connectivity index (χ1) is 9.92. The van der Waals surface area contributed by atoms with Crippen LogP contribution in [0.5, 0.6) is 0 Å². The molecular formula is C14H25N3O4. The van der Waals surface area contributed by atoms with Gasteiger partial charge in [0.2, 0.25) is 5.91 Å². The number of urea groups is 1. The van der Waals surface area contributed by atoms with Crippen LogP contribution in [0.15, 0.2) is 0 Å². The third kappa shape index (κ3) is 7.65. The van der Waals surface area contributed by atoms with Gasteiger partial charge in [-0.15, -0.1) is 0 Å². The molecule has 0 unspecified atom stereocenters. The van der Waals surface area contributed by atoms with Crippen LogP contribution >= 0.6 is 0 Å². The van der Waals surface area contributed by atoms with Crippen molar-refractivity contribution in [1.29, 1.82) is 0 Å². The maximum atomic E-state index is 11.8. The Hall–Kier alpha value is -1.63. The van der Waals surface area contributed by atoms with Crippen molar-refractivity contribution in [3.05, 3.63) is 0 Å². The molecule has 0 aromatic carbocycles. The second-order valence-electron chi connectivity index (χ2n) is 5.59. The molecule has 3 amide bonds. The molecule has 120 valence electrons. The smallest absolute Gasteiger partial charge is 0.321 e. The van der Waals surface area contributed by atoms with Crippen LogP contribution in [0.3, 0.4) is 0 Å². The van der Waals surface area contributed by atoms with Crippen LogP contribution in [0.25, 0.3) is 0 Å². The minimum Gasteiger partial charge on any atom is -0.465 e. The van der Waals surface area contributed by atoms with Crippen LogP contribution in [0.1, 0.15) is 33.6 Å². The summed E-state index contributed by atoms with van der Waals surface area (Å²) in [5.74, 6) is -0.438. The summed E-state index contributed by atoms with van der Waals surface area (Å²) in [6.45, 7) is 6.62. The molecule has 1 aliphatic rings.